The lowest BCUT2D eigenvalue weighted by molar-refractivity contribution is -0.119. The predicted molar refractivity (Wildman–Crippen MR) is 102 cm³/mol. The Balaban J connectivity index is 1.52. The number of hydrogen-bond donors (Lipinski definition) is 2. The third-order valence-electron chi connectivity index (χ3n) is 4.47. The average Bonchev–Trinajstić information content (AvgIpc) is 2.72. The van der Waals surface area contributed by atoms with Crippen LogP contribution in [0.25, 0.3) is 0 Å². The number of benzene rings is 1. The van der Waals surface area contributed by atoms with Gasteiger partial charge in [-0.3, -0.25) is 4.79 Å². The Bertz CT molecular complexity index is 776. The lowest BCUT2D eigenvalue weighted by Gasteiger charge is -2.29. The van der Waals surface area contributed by atoms with E-state index >= 15 is 0 Å². The number of carbonyl (C=O) groups is 1. The standard InChI is InChI=1S/C20H23N5O/c21-13-16-6-8-18(9-7-16)23-15-19(26)24-14-17-5-4-10-22-20(17)25-11-2-1-3-12-25/h4-10,23H,1-3,11-12,14-15H2,(H,24,26). The highest BCUT2D eigenvalue weighted by Crippen LogP contribution is 2.21. The number of rotatable bonds is 6. The van der Waals surface area contributed by atoms with E-state index < -0.39 is 0 Å². The number of nitriles is 1. The Hall–Kier alpha value is -3.07. The van der Waals surface area contributed by atoms with Gasteiger partial charge in [0.25, 0.3) is 0 Å². The van der Waals surface area contributed by atoms with Gasteiger partial charge in [-0.25, -0.2) is 4.98 Å². The topological polar surface area (TPSA) is 81.0 Å². The zero-order valence-electron chi connectivity index (χ0n) is 14.7. The summed E-state index contributed by atoms with van der Waals surface area (Å²) in [5.74, 6) is 0.898. The first-order chi connectivity index (χ1) is 12.8. The minimum Gasteiger partial charge on any atom is -0.376 e. The molecule has 134 valence electrons. The van der Waals surface area contributed by atoms with Gasteiger partial charge in [0.05, 0.1) is 18.2 Å². The predicted octanol–water partition coefficient (Wildman–Crippen LogP) is 2.67. The van der Waals surface area contributed by atoms with Gasteiger partial charge in [-0.05, 0) is 49.6 Å². The Morgan fingerprint density at radius 3 is 2.65 bits per heavy atom. The summed E-state index contributed by atoms with van der Waals surface area (Å²) in [7, 11) is 0. The molecule has 0 aliphatic carbocycles. The van der Waals surface area contributed by atoms with Crippen LogP contribution in [0.15, 0.2) is 42.6 Å². The molecule has 0 atom stereocenters. The molecule has 1 saturated heterocycles. The molecule has 0 bridgehead atoms. The van der Waals surface area contributed by atoms with Crippen molar-refractivity contribution >= 4 is 17.4 Å². The van der Waals surface area contributed by atoms with Crippen LogP contribution in [0.2, 0.25) is 0 Å². The molecule has 1 aromatic heterocycles. The molecule has 0 radical (unpaired) electrons. The molecule has 2 N–H and O–H groups in total. The fraction of sp³-hybridized carbons (Fsp3) is 0.350. The summed E-state index contributed by atoms with van der Waals surface area (Å²) < 4.78 is 0. The van der Waals surface area contributed by atoms with E-state index in [1.807, 2.05) is 18.3 Å². The number of hydrogen-bond acceptors (Lipinski definition) is 5. The first-order valence-corrected chi connectivity index (χ1v) is 8.96. The maximum atomic E-state index is 12.1. The Labute approximate surface area is 153 Å². The Kier molecular flexibility index (Phi) is 6.05. The van der Waals surface area contributed by atoms with Gasteiger partial charge in [-0.1, -0.05) is 6.07 Å². The molecule has 3 rings (SSSR count). The van der Waals surface area contributed by atoms with Crippen LogP contribution >= 0.6 is 0 Å². The van der Waals surface area contributed by atoms with E-state index in [1.165, 1.54) is 19.3 Å². The number of pyridine rings is 1. The number of piperidine rings is 1. The molecule has 0 unspecified atom stereocenters. The molecule has 1 amide bonds. The number of aromatic nitrogens is 1. The summed E-state index contributed by atoms with van der Waals surface area (Å²) in [5, 5.41) is 14.8. The molecule has 6 heteroatoms. The molecule has 1 fully saturated rings. The smallest absolute Gasteiger partial charge is 0.239 e. The summed E-state index contributed by atoms with van der Waals surface area (Å²) in [4.78, 5) is 19.0. The van der Waals surface area contributed by atoms with Crippen LogP contribution < -0.4 is 15.5 Å². The van der Waals surface area contributed by atoms with Crippen LogP contribution in [0.5, 0.6) is 0 Å². The summed E-state index contributed by atoms with van der Waals surface area (Å²) in [6.07, 6.45) is 5.46. The SMILES string of the molecule is N#Cc1ccc(NCC(=O)NCc2cccnc2N2CCCCC2)cc1. The molecular formula is C20H23N5O. The van der Waals surface area contributed by atoms with E-state index in [9.17, 15) is 4.79 Å². The molecule has 0 saturated carbocycles. The van der Waals surface area contributed by atoms with Crippen molar-refractivity contribution in [2.24, 2.45) is 0 Å². The molecule has 6 nitrogen and oxygen atoms in total. The van der Waals surface area contributed by atoms with Gasteiger partial charge in [-0.15, -0.1) is 0 Å². The van der Waals surface area contributed by atoms with Crippen molar-refractivity contribution < 1.29 is 4.79 Å². The second-order valence-corrected chi connectivity index (χ2v) is 6.35. The number of carbonyl (C=O) groups excluding carboxylic acids is 1. The van der Waals surface area contributed by atoms with Crippen LogP contribution in [0.1, 0.15) is 30.4 Å². The number of nitrogens with zero attached hydrogens (tertiary/aromatic N) is 3. The van der Waals surface area contributed by atoms with Crippen molar-refractivity contribution in [2.45, 2.75) is 25.8 Å². The number of nitrogens with one attached hydrogen (secondary N) is 2. The minimum atomic E-state index is -0.0807. The largest absolute Gasteiger partial charge is 0.376 e. The molecule has 26 heavy (non-hydrogen) atoms. The normalized spacial score (nSPS) is 13.7. The highest BCUT2D eigenvalue weighted by molar-refractivity contribution is 5.80. The van der Waals surface area contributed by atoms with E-state index in [0.29, 0.717) is 12.1 Å². The summed E-state index contributed by atoms with van der Waals surface area (Å²) >= 11 is 0. The zero-order chi connectivity index (χ0) is 18.2. The van der Waals surface area contributed by atoms with Gasteiger partial charge in [0.1, 0.15) is 5.82 Å². The van der Waals surface area contributed by atoms with Crippen molar-refractivity contribution in [1.29, 1.82) is 5.26 Å². The van der Waals surface area contributed by atoms with Gasteiger partial charge in [0, 0.05) is 37.1 Å². The molecule has 0 spiro atoms. The van der Waals surface area contributed by atoms with Gasteiger partial charge < -0.3 is 15.5 Å². The van der Waals surface area contributed by atoms with Crippen LogP contribution in [0.3, 0.4) is 0 Å². The molecule has 1 aromatic carbocycles. The first-order valence-electron chi connectivity index (χ1n) is 8.96. The highest BCUT2D eigenvalue weighted by atomic mass is 16.1. The third-order valence-corrected chi connectivity index (χ3v) is 4.47. The van der Waals surface area contributed by atoms with Crippen LogP contribution in [0, 0.1) is 11.3 Å². The van der Waals surface area contributed by atoms with E-state index in [-0.39, 0.29) is 12.5 Å². The van der Waals surface area contributed by atoms with Crippen LogP contribution in [0.4, 0.5) is 11.5 Å². The van der Waals surface area contributed by atoms with E-state index in [2.05, 4.69) is 26.6 Å². The fourth-order valence-corrected chi connectivity index (χ4v) is 3.06. The zero-order valence-corrected chi connectivity index (χ0v) is 14.7. The van der Waals surface area contributed by atoms with Crippen LogP contribution in [-0.4, -0.2) is 30.5 Å². The van der Waals surface area contributed by atoms with Crippen LogP contribution in [-0.2, 0) is 11.3 Å². The second-order valence-electron chi connectivity index (χ2n) is 6.35. The monoisotopic (exact) mass is 349 g/mol. The average molecular weight is 349 g/mol. The quantitative estimate of drug-likeness (QED) is 0.838. The van der Waals surface area contributed by atoms with Gasteiger partial charge in [0.15, 0.2) is 0 Å². The van der Waals surface area contributed by atoms with Crippen molar-refractivity contribution in [3.63, 3.8) is 0 Å². The second kappa shape index (κ2) is 8.86. The van der Waals surface area contributed by atoms with Crippen molar-refractivity contribution in [3.8, 4) is 6.07 Å². The lowest BCUT2D eigenvalue weighted by Crippen LogP contribution is -2.33. The maximum Gasteiger partial charge on any atom is 0.239 e. The molecule has 2 aromatic rings. The Morgan fingerprint density at radius 1 is 1.15 bits per heavy atom. The number of amides is 1. The summed E-state index contributed by atoms with van der Waals surface area (Å²) in [5.41, 5.74) is 2.46. The molecule has 2 heterocycles. The lowest BCUT2D eigenvalue weighted by atomic mass is 10.1. The molecular weight excluding hydrogens is 326 g/mol. The molecule has 1 aliphatic heterocycles. The van der Waals surface area contributed by atoms with E-state index in [4.69, 9.17) is 5.26 Å². The third kappa shape index (κ3) is 4.73. The Morgan fingerprint density at radius 2 is 1.92 bits per heavy atom. The van der Waals surface area contributed by atoms with E-state index in [1.54, 1.807) is 24.3 Å². The first kappa shape index (κ1) is 17.7. The highest BCUT2D eigenvalue weighted by Gasteiger charge is 2.15. The van der Waals surface area contributed by atoms with Crippen molar-refractivity contribution in [3.05, 3.63) is 53.7 Å². The fourth-order valence-electron chi connectivity index (χ4n) is 3.06. The summed E-state index contributed by atoms with van der Waals surface area (Å²) in [6.45, 7) is 2.70. The summed E-state index contributed by atoms with van der Waals surface area (Å²) in [6, 6.07) is 13.0. The van der Waals surface area contributed by atoms with Gasteiger partial charge >= 0.3 is 0 Å². The van der Waals surface area contributed by atoms with E-state index in [0.717, 1.165) is 30.2 Å². The maximum absolute atomic E-state index is 12.1. The van der Waals surface area contributed by atoms with Crippen molar-refractivity contribution in [1.82, 2.24) is 10.3 Å². The van der Waals surface area contributed by atoms with Gasteiger partial charge in [-0.2, -0.15) is 5.26 Å². The van der Waals surface area contributed by atoms with Gasteiger partial charge in [0.2, 0.25) is 5.91 Å². The molecule has 1 aliphatic rings. The minimum absolute atomic E-state index is 0.0807. The number of anilines is 2. The van der Waals surface area contributed by atoms with Crippen molar-refractivity contribution in [2.75, 3.05) is 29.9 Å².